The highest BCUT2D eigenvalue weighted by atomic mass is 35.5. The number of likely N-dealkylation sites (tertiary alicyclic amines) is 1. The van der Waals surface area contributed by atoms with E-state index in [-0.39, 0.29) is 30.8 Å². The van der Waals surface area contributed by atoms with Crippen molar-refractivity contribution in [3.05, 3.63) is 101 Å². The number of rotatable bonds is 11. The number of nitrogens with zero attached hydrogens (tertiary/aromatic N) is 5. The van der Waals surface area contributed by atoms with E-state index in [2.05, 4.69) is 16.7 Å². The van der Waals surface area contributed by atoms with E-state index < -0.39 is 5.97 Å². The van der Waals surface area contributed by atoms with Crippen molar-refractivity contribution in [3.63, 3.8) is 0 Å². The van der Waals surface area contributed by atoms with Crippen molar-refractivity contribution in [1.82, 2.24) is 15.0 Å². The second-order valence-corrected chi connectivity index (χ2v) is 10.8. The lowest BCUT2D eigenvalue weighted by molar-refractivity contribution is -0.137. The van der Waals surface area contributed by atoms with Crippen molar-refractivity contribution in [1.29, 1.82) is 0 Å². The second-order valence-electron chi connectivity index (χ2n) is 10.4. The lowest BCUT2D eigenvalue weighted by Crippen LogP contribution is -2.49. The lowest BCUT2D eigenvalue weighted by atomic mass is 9.98. The molecule has 1 unspecified atom stereocenters. The van der Waals surface area contributed by atoms with Crippen molar-refractivity contribution >= 4 is 40.5 Å². The highest BCUT2D eigenvalue weighted by Crippen LogP contribution is 2.28. The van der Waals surface area contributed by atoms with Crippen LogP contribution in [0.5, 0.6) is 0 Å². The number of halogens is 1. The predicted octanol–water partition coefficient (Wildman–Crippen LogP) is 6.25. The van der Waals surface area contributed by atoms with Crippen molar-refractivity contribution in [2.24, 2.45) is 9.98 Å². The highest BCUT2D eigenvalue weighted by molar-refractivity contribution is 6.48. The number of allylic oxidation sites excluding steroid dienone is 5. The maximum atomic E-state index is 13.4. The number of benzene rings is 1. The maximum Gasteiger partial charge on any atom is 0.303 e. The molecule has 1 fully saturated rings. The van der Waals surface area contributed by atoms with Gasteiger partial charge >= 0.3 is 5.97 Å². The van der Waals surface area contributed by atoms with E-state index in [1.165, 1.54) is 0 Å². The Hall–Kier alpha value is -4.37. The number of carboxylic acid groups (broad SMARTS) is 1. The topological polar surface area (TPSA) is 121 Å². The molecular weight excluding hydrogens is 566 g/mol. The Morgan fingerprint density at radius 2 is 1.98 bits per heavy atom. The molecule has 0 aliphatic carbocycles. The Labute approximate surface area is 256 Å². The molecule has 1 atom stereocenters. The summed E-state index contributed by atoms with van der Waals surface area (Å²) in [5, 5.41) is 13.8. The summed E-state index contributed by atoms with van der Waals surface area (Å²) in [6.45, 7) is 8.84. The quantitative estimate of drug-likeness (QED) is 0.240. The minimum atomic E-state index is -0.819. The van der Waals surface area contributed by atoms with Crippen molar-refractivity contribution < 1.29 is 19.2 Å². The number of aliphatic imine (C=N–C) groups is 2. The van der Waals surface area contributed by atoms with Gasteiger partial charge in [0.25, 0.3) is 5.91 Å². The third kappa shape index (κ3) is 8.58. The van der Waals surface area contributed by atoms with Crippen molar-refractivity contribution in [2.45, 2.75) is 51.5 Å². The molecule has 2 aliphatic heterocycles. The van der Waals surface area contributed by atoms with Gasteiger partial charge in [-0.2, -0.15) is 4.98 Å². The van der Waals surface area contributed by atoms with Gasteiger partial charge in [-0.3, -0.25) is 19.6 Å². The zero-order valence-corrected chi connectivity index (χ0v) is 25.2. The van der Waals surface area contributed by atoms with Gasteiger partial charge in [0.1, 0.15) is 0 Å². The van der Waals surface area contributed by atoms with Crippen molar-refractivity contribution in [2.75, 3.05) is 19.6 Å². The van der Waals surface area contributed by atoms with Crippen LogP contribution in [0.1, 0.15) is 62.7 Å². The van der Waals surface area contributed by atoms with Crippen LogP contribution in [0.3, 0.4) is 0 Å². The van der Waals surface area contributed by atoms with Gasteiger partial charge < -0.3 is 14.5 Å². The second kappa shape index (κ2) is 15.2. The van der Waals surface area contributed by atoms with Crippen LogP contribution in [0.15, 0.2) is 93.5 Å². The molecular formula is C33H36ClN5O4. The first-order valence-corrected chi connectivity index (χ1v) is 14.7. The van der Waals surface area contributed by atoms with E-state index in [0.717, 1.165) is 22.6 Å². The molecule has 1 saturated heterocycles. The molecule has 9 nitrogen and oxygen atoms in total. The smallest absolute Gasteiger partial charge is 0.303 e. The maximum absolute atomic E-state index is 13.4. The number of hydrogen-bond acceptors (Lipinski definition) is 7. The van der Waals surface area contributed by atoms with Gasteiger partial charge in [-0.15, -0.1) is 0 Å². The van der Waals surface area contributed by atoms with E-state index in [4.69, 9.17) is 31.2 Å². The first-order chi connectivity index (χ1) is 20.8. The molecule has 0 radical (unpaired) electrons. The van der Waals surface area contributed by atoms with Crippen LogP contribution >= 0.6 is 11.6 Å². The van der Waals surface area contributed by atoms with E-state index in [1.54, 1.807) is 11.0 Å². The number of amides is 1. The Kier molecular flexibility index (Phi) is 11.2. The van der Waals surface area contributed by atoms with Gasteiger partial charge in [0.15, 0.2) is 0 Å². The molecule has 10 heteroatoms. The minimum absolute atomic E-state index is 0.0363. The molecule has 2 aromatic rings. The Balaban J connectivity index is 1.49. The number of carboxylic acids is 1. The van der Waals surface area contributed by atoms with Gasteiger partial charge in [-0.05, 0) is 45.2 Å². The lowest BCUT2D eigenvalue weighted by Gasteiger charge is -2.37. The third-order valence-corrected chi connectivity index (χ3v) is 7.29. The van der Waals surface area contributed by atoms with E-state index in [1.807, 2.05) is 74.6 Å². The number of carbonyl (C=O) groups is 2. The average molecular weight is 602 g/mol. The van der Waals surface area contributed by atoms with Crippen LogP contribution < -0.4 is 0 Å². The molecule has 43 heavy (non-hydrogen) atoms. The van der Waals surface area contributed by atoms with Crippen LogP contribution in [0.2, 0.25) is 5.02 Å². The molecule has 3 heterocycles. The number of unbranched alkanes of at least 4 members (excludes halogenated alkanes) is 1. The van der Waals surface area contributed by atoms with E-state index >= 15 is 0 Å². The molecule has 1 amide bonds. The van der Waals surface area contributed by atoms with E-state index in [9.17, 15) is 9.59 Å². The molecule has 0 bridgehead atoms. The zero-order valence-electron chi connectivity index (χ0n) is 24.4. The number of hydrogen-bond donors (Lipinski definition) is 1. The summed E-state index contributed by atoms with van der Waals surface area (Å²) in [5.41, 5.74) is 3.75. The van der Waals surface area contributed by atoms with Gasteiger partial charge in [0, 0.05) is 41.2 Å². The van der Waals surface area contributed by atoms with E-state index in [0.29, 0.717) is 54.7 Å². The highest BCUT2D eigenvalue weighted by Gasteiger charge is 2.36. The molecule has 2 aliphatic rings. The zero-order chi connectivity index (χ0) is 30.8. The Bertz CT molecular complexity index is 1510. The number of carbonyl (C=O) groups excluding carboxylic acids is 1. The summed E-state index contributed by atoms with van der Waals surface area (Å²) in [6, 6.07) is 7.20. The molecule has 0 spiro atoms. The fourth-order valence-corrected chi connectivity index (χ4v) is 4.87. The number of aromatic nitrogens is 2. The summed E-state index contributed by atoms with van der Waals surface area (Å²) in [6.07, 6.45) is 14.7. The van der Waals surface area contributed by atoms with Gasteiger partial charge in [0.2, 0.25) is 11.7 Å². The number of aliphatic carboxylic acids is 1. The van der Waals surface area contributed by atoms with Gasteiger partial charge in [-0.25, -0.2) is 0 Å². The van der Waals surface area contributed by atoms with Crippen LogP contribution in [0, 0.1) is 0 Å². The van der Waals surface area contributed by atoms with Crippen molar-refractivity contribution in [3.8, 4) is 0 Å². The predicted molar refractivity (Wildman–Crippen MR) is 170 cm³/mol. The fourth-order valence-electron chi connectivity index (χ4n) is 4.75. The summed E-state index contributed by atoms with van der Waals surface area (Å²) >= 11 is 6.12. The van der Waals surface area contributed by atoms with Gasteiger partial charge in [-0.1, -0.05) is 78.0 Å². The first kappa shape index (κ1) is 31.6. The average Bonchev–Trinajstić information content (AvgIpc) is 3.43. The molecule has 224 valence electrons. The van der Waals surface area contributed by atoms with Crippen LogP contribution in [-0.4, -0.2) is 69.1 Å². The first-order valence-electron chi connectivity index (χ1n) is 14.3. The minimum Gasteiger partial charge on any atom is -0.481 e. The van der Waals surface area contributed by atoms with Crippen LogP contribution in [0.25, 0.3) is 5.57 Å². The molecule has 1 aromatic heterocycles. The molecule has 0 saturated carbocycles. The third-order valence-electron chi connectivity index (χ3n) is 7.03. The Morgan fingerprint density at radius 3 is 2.67 bits per heavy atom. The van der Waals surface area contributed by atoms with Crippen LogP contribution in [-0.2, 0) is 9.59 Å². The fraction of sp³-hybridized carbons (Fsp3) is 0.333. The van der Waals surface area contributed by atoms with Crippen LogP contribution in [0.4, 0.5) is 0 Å². The Morgan fingerprint density at radius 1 is 1.21 bits per heavy atom. The molecule has 1 aromatic carbocycles. The summed E-state index contributed by atoms with van der Waals surface area (Å²) < 4.78 is 5.51. The van der Waals surface area contributed by atoms with Gasteiger partial charge in [0.05, 0.1) is 29.9 Å². The standard InChI is InChI=1S/C33H36ClN5O4/c1-4-8-24(9-5-2)31-37-32(43-38-31)26-20-39(21-26)33(42)25-13-12-22(3)36-30(23-14-16-27(34)17-15-23)28(35-19-18-25)10-6-7-11-29(40)41/h4-5,8-9,12-18,22,26H,1,6-7,10-11,19-21H2,2-3H3,(H,40,41)/b9-5-,13-12?,24-8+,25-18?,35-28?,36-30?. The summed E-state index contributed by atoms with van der Waals surface area (Å²) in [7, 11) is 0. The monoisotopic (exact) mass is 601 g/mol. The SMILES string of the molecule is C=C/C=C(\C=C/C)c1noc(C2CN(C(=O)C3=CCN=C(CCCCC(=O)O)C(c4ccc(Cl)cc4)=NC(C)C=C3)C2)n1. The largest absolute Gasteiger partial charge is 0.481 e. The summed E-state index contributed by atoms with van der Waals surface area (Å²) in [4.78, 5) is 40.5. The normalized spacial score (nSPS) is 18.1. The summed E-state index contributed by atoms with van der Waals surface area (Å²) in [5.74, 6) is 0.0378. The molecule has 1 N–H and O–H groups in total. The molecule has 4 rings (SSSR count).